The van der Waals surface area contributed by atoms with Gasteiger partial charge < -0.3 is 9.15 Å². The average Bonchev–Trinajstić information content (AvgIpc) is 3.48. The third-order valence-corrected chi connectivity index (χ3v) is 7.52. The van der Waals surface area contributed by atoms with E-state index >= 15 is 0 Å². The highest BCUT2D eigenvalue weighted by Crippen LogP contribution is 2.34. The van der Waals surface area contributed by atoms with Gasteiger partial charge >= 0.3 is 5.97 Å². The summed E-state index contributed by atoms with van der Waals surface area (Å²) in [4.78, 5) is 43.3. The third kappa shape index (κ3) is 4.68. The Morgan fingerprint density at radius 1 is 1.13 bits per heavy atom. The smallest absolute Gasteiger partial charge is 0.338 e. The normalized spacial score (nSPS) is 15.3. The number of esters is 1. The number of furan rings is 1. The molecule has 1 atom stereocenters. The molecule has 0 spiro atoms. The first-order chi connectivity index (χ1) is 18.3. The molecule has 0 N–H and O–H groups in total. The Morgan fingerprint density at radius 2 is 1.87 bits per heavy atom. The molecule has 2 aromatic heterocycles. The summed E-state index contributed by atoms with van der Waals surface area (Å²) in [5.41, 5.74) is 2.45. The van der Waals surface area contributed by atoms with Crippen LogP contribution in [0.5, 0.6) is 0 Å². The Bertz CT molecular complexity index is 1780. The van der Waals surface area contributed by atoms with E-state index in [0.717, 1.165) is 5.56 Å². The number of hydrogen-bond acceptors (Lipinski definition) is 7. The zero-order valence-corrected chi connectivity index (χ0v) is 22.4. The maximum Gasteiger partial charge on any atom is 0.338 e. The van der Waals surface area contributed by atoms with E-state index in [1.807, 2.05) is 18.2 Å². The molecule has 1 aliphatic rings. The first-order valence-electron chi connectivity index (χ1n) is 11.9. The standard InChI is InChI=1S/C29H23ClN2O5S/c1-4-36-28(35)25-16(2)31-29-32(26(25)21-7-5-6-8-22(21)30)27(34)24(38-29)15-20-13-14-23(37-20)19-11-9-18(10-12-19)17(3)33/h5-15,26H,4H2,1-3H3/b24-15-/t26-/m0/s1. The van der Waals surface area contributed by atoms with Gasteiger partial charge in [0.05, 0.1) is 22.4 Å². The number of Topliss-reactive ketones (excluding diaryl/α,β-unsaturated/α-hetero) is 1. The third-order valence-electron chi connectivity index (χ3n) is 6.19. The van der Waals surface area contributed by atoms with Crippen LogP contribution in [0.25, 0.3) is 17.4 Å². The summed E-state index contributed by atoms with van der Waals surface area (Å²) in [6, 6.07) is 17.0. The minimum atomic E-state index is -0.784. The Hall–Kier alpha value is -4.01. The van der Waals surface area contributed by atoms with Gasteiger partial charge in [0.1, 0.15) is 17.6 Å². The molecule has 0 fully saturated rings. The van der Waals surface area contributed by atoms with Gasteiger partial charge in [-0.15, -0.1) is 0 Å². The van der Waals surface area contributed by atoms with E-state index in [1.165, 1.54) is 22.8 Å². The summed E-state index contributed by atoms with van der Waals surface area (Å²) in [6.07, 6.45) is 1.66. The van der Waals surface area contributed by atoms with Crippen molar-refractivity contribution in [3.63, 3.8) is 0 Å². The molecule has 2 aromatic carbocycles. The minimum Gasteiger partial charge on any atom is -0.463 e. The van der Waals surface area contributed by atoms with E-state index in [1.54, 1.807) is 62.4 Å². The van der Waals surface area contributed by atoms with Crippen LogP contribution in [0, 0.1) is 0 Å². The summed E-state index contributed by atoms with van der Waals surface area (Å²) < 4.78 is 13.2. The SMILES string of the molecule is CCOC(=O)C1=C(C)N=c2s/c(=C\c3ccc(-c4ccc(C(C)=O)cc4)o3)c(=O)n2[C@H]1c1ccccc1Cl. The molecule has 9 heteroatoms. The number of fused-ring (bicyclic) bond motifs is 1. The molecule has 3 heterocycles. The van der Waals surface area contributed by atoms with Crippen LogP contribution in [0.1, 0.15) is 48.5 Å². The van der Waals surface area contributed by atoms with Crippen molar-refractivity contribution in [2.24, 2.45) is 4.99 Å². The zero-order chi connectivity index (χ0) is 27.0. The molecule has 0 amide bonds. The van der Waals surface area contributed by atoms with Crippen LogP contribution >= 0.6 is 22.9 Å². The molecule has 38 heavy (non-hydrogen) atoms. The average molecular weight is 547 g/mol. The van der Waals surface area contributed by atoms with Crippen LogP contribution < -0.4 is 14.9 Å². The van der Waals surface area contributed by atoms with Gasteiger partial charge in [-0.1, -0.05) is 65.4 Å². The zero-order valence-electron chi connectivity index (χ0n) is 20.9. The van der Waals surface area contributed by atoms with Gasteiger partial charge in [0, 0.05) is 22.2 Å². The second-order valence-corrected chi connectivity index (χ2v) is 10.1. The van der Waals surface area contributed by atoms with E-state index in [9.17, 15) is 14.4 Å². The van der Waals surface area contributed by atoms with Crippen molar-refractivity contribution in [2.45, 2.75) is 26.8 Å². The summed E-state index contributed by atoms with van der Waals surface area (Å²) in [5, 5.41) is 0.426. The fourth-order valence-electron chi connectivity index (χ4n) is 4.37. The van der Waals surface area contributed by atoms with Crippen molar-refractivity contribution >= 4 is 40.8 Å². The van der Waals surface area contributed by atoms with Crippen molar-refractivity contribution in [1.29, 1.82) is 0 Å². The molecule has 4 aromatic rings. The number of rotatable bonds is 6. The molecule has 0 saturated heterocycles. The second kappa shape index (κ2) is 10.4. The van der Waals surface area contributed by atoms with E-state index in [4.69, 9.17) is 20.8 Å². The molecule has 7 nitrogen and oxygen atoms in total. The molecular weight excluding hydrogens is 524 g/mol. The molecule has 0 saturated carbocycles. The molecule has 0 bridgehead atoms. The van der Waals surface area contributed by atoms with Crippen LogP contribution in [0.4, 0.5) is 0 Å². The van der Waals surface area contributed by atoms with Gasteiger partial charge in [-0.3, -0.25) is 14.2 Å². The Morgan fingerprint density at radius 3 is 2.55 bits per heavy atom. The van der Waals surface area contributed by atoms with Crippen molar-refractivity contribution in [1.82, 2.24) is 4.57 Å². The molecule has 0 aliphatic carbocycles. The molecular formula is C29H23ClN2O5S. The van der Waals surface area contributed by atoms with Gasteiger partial charge in [0.15, 0.2) is 10.6 Å². The monoisotopic (exact) mass is 546 g/mol. The number of carbonyl (C=O) groups excluding carboxylic acids is 2. The van der Waals surface area contributed by atoms with Crippen molar-refractivity contribution < 1.29 is 18.7 Å². The van der Waals surface area contributed by atoms with Gasteiger partial charge in [0.25, 0.3) is 5.56 Å². The van der Waals surface area contributed by atoms with Gasteiger partial charge in [-0.25, -0.2) is 9.79 Å². The lowest BCUT2D eigenvalue weighted by molar-refractivity contribution is -0.139. The summed E-state index contributed by atoms with van der Waals surface area (Å²) in [7, 11) is 0. The highest BCUT2D eigenvalue weighted by Gasteiger charge is 2.34. The Balaban J connectivity index is 1.61. The van der Waals surface area contributed by atoms with E-state index < -0.39 is 12.0 Å². The number of ether oxygens (including phenoxy) is 1. The fourth-order valence-corrected chi connectivity index (χ4v) is 5.63. The number of benzene rings is 2. The largest absolute Gasteiger partial charge is 0.463 e. The maximum absolute atomic E-state index is 13.7. The van der Waals surface area contributed by atoms with Gasteiger partial charge in [-0.05, 0) is 44.5 Å². The van der Waals surface area contributed by atoms with Crippen LogP contribution in [-0.4, -0.2) is 22.9 Å². The van der Waals surface area contributed by atoms with Crippen LogP contribution in [0.2, 0.25) is 5.02 Å². The minimum absolute atomic E-state index is 0.0106. The summed E-state index contributed by atoms with van der Waals surface area (Å²) >= 11 is 7.74. The number of aromatic nitrogens is 1. The topological polar surface area (TPSA) is 90.9 Å². The molecule has 1 aliphatic heterocycles. The number of hydrogen-bond donors (Lipinski definition) is 0. The van der Waals surface area contributed by atoms with E-state index in [0.29, 0.717) is 42.7 Å². The maximum atomic E-state index is 13.7. The Labute approximate surface area is 227 Å². The van der Waals surface area contributed by atoms with Gasteiger partial charge in [-0.2, -0.15) is 0 Å². The quantitative estimate of drug-likeness (QED) is 0.253. The number of carbonyl (C=O) groups is 2. The molecule has 0 unspecified atom stereocenters. The molecule has 0 radical (unpaired) electrons. The van der Waals surface area contributed by atoms with E-state index in [2.05, 4.69) is 4.99 Å². The number of ketones is 1. The summed E-state index contributed by atoms with van der Waals surface area (Å²) in [6.45, 7) is 5.16. The highest BCUT2D eigenvalue weighted by atomic mass is 35.5. The lowest BCUT2D eigenvalue weighted by Gasteiger charge is -2.25. The predicted molar refractivity (Wildman–Crippen MR) is 146 cm³/mol. The van der Waals surface area contributed by atoms with Crippen molar-refractivity contribution in [3.8, 4) is 11.3 Å². The molecule has 5 rings (SSSR count). The Kier molecular flexibility index (Phi) is 7.01. The number of nitrogens with zero attached hydrogens (tertiary/aromatic N) is 2. The molecule has 192 valence electrons. The van der Waals surface area contributed by atoms with Gasteiger partial charge in [0.2, 0.25) is 0 Å². The fraction of sp³-hybridized carbons (Fsp3) is 0.172. The summed E-state index contributed by atoms with van der Waals surface area (Å²) in [5.74, 6) is 0.535. The van der Waals surface area contributed by atoms with E-state index in [-0.39, 0.29) is 23.5 Å². The van der Waals surface area contributed by atoms with Crippen molar-refractivity contribution in [2.75, 3.05) is 6.61 Å². The van der Waals surface area contributed by atoms with Crippen molar-refractivity contribution in [3.05, 3.63) is 114 Å². The predicted octanol–water partition coefficient (Wildman–Crippen LogP) is 4.91. The number of allylic oxidation sites excluding steroid dienone is 1. The van der Waals surface area contributed by atoms with Crippen LogP contribution in [-0.2, 0) is 9.53 Å². The lowest BCUT2D eigenvalue weighted by atomic mass is 9.96. The lowest BCUT2D eigenvalue weighted by Crippen LogP contribution is -2.40. The highest BCUT2D eigenvalue weighted by molar-refractivity contribution is 7.07. The first kappa shape index (κ1) is 25.6. The van der Waals surface area contributed by atoms with Crippen LogP contribution in [0.15, 0.2) is 86.1 Å². The second-order valence-electron chi connectivity index (χ2n) is 8.66. The number of halogens is 1. The van der Waals surface area contributed by atoms with Crippen LogP contribution in [0.3, 0.4) is 0 Å². The number of thiazole rings is 1. The first-order valence-corrected chi connectivity index (χ1v) is 13.1.